The number of aliphatic hydroxyl groups is 3. The average Bonchev–Trinajstić information content (AvgIpc) is 3.06. The first-order valence-electron chi connectivity index (χ1n) is 22.4. The number of aliphatic hydroxyl groups excluding tert-OH is 3. The van der Waals surface area contributed by atoms with E-state index in [2.05, 4.69) is 6.92 Å². The molecule has 3 aliphatic rings. The van der Waals surface area contributed by atoms with Crippen LogP contribution in [-0.2, 0) is 55.0 Å². The van der Waals surface area contributed by atoms with E-state index in [1.807, 2.05) is 95.9 Å². The van der Waals surface area contributed by atoms with Gasteiger partial charge in [0.05, 0.1) is 67.6 Å². The largest absolute Gasteiger partial charge is 2.00 e. The molecule has 0 spiro atoms. The molecule has 3 aliphatic carbocycles. The van der Waals surface area contributed by atoms with Crippen LogP contribution < -0.4 is 0 Å². The van der Waals surface area contributed by atoms with Gasteiger partial charge in [-0.05, 0) is 127 Å². The van der Waals surface area contributed by atoms with Crippen molar-refractivity contribution in [3.05, 3.63) is 12.8 Å². The van der Waals surface area contributed by atoms with Crippen LogP contribution in [0.5, 0.6) is 0 Å². The molecule has 0 radical (unpaired) electrons. The van der Waals surface area contributed by atoms with Crippen LogP contribution in [0.15, 0.2) is 0 Å². The van der Waals surface area contributed by atoms with Crippen LogP contribution >= 0.6 is 22.8 Å². The van der Waals surface area contributed by atoms with Gasteiger partial charge in [-0.25, -0.2) is 0 Å². The fraction of sp³-hybridized carbons (Fsp3) is 0.953. The molecule has 0 aromatic carbocycles. The van der Waals surface area contributed by atoms with Crippen LogP contribution in [0.1, 0.15) is 131 Å². The smallest absolute Gasteiger partial charge is 1.00 e. The molecule has 3 N–H and O–H groups in total. The first-order chi connectivity index (χ1) is 28.0. The number of ether oxygens (including phenoxy) is 3. The Kier molecular flexibility index (Phi) is 36.8. The Labute approximate surface area is 466 Å². The summed E-state index contributed by atoms with van der Waals surface area (Å²) in [5.74, 6) is 0.646. The molecule has 15 nitrogen and oxygen atoms in total. The van der Waals surface area contributed by atoms with E-state index in [1.54, 1.807) is 0 Å². The van der Waals surface area contributed by atoms with Crippen LogP contribution in [-0.4, -0.2) is 226 Å². The summed E-state index contributed by atoms with van der Waals surface area (Å²) in [6, 6.07) is 0. The average molecular weight is 1210 g/mol. The molecule has 0 aromatic heterocycles. The van der Waals surface area contributed by atoms with Crippen molar-refractivity contribution in [2.45, 2.75) is 202 Å². The molecule has 0 bridgehead atoms. The van der Waals surface area contributed by atoms with Gasteiger partial charge in [-0.2, -0.15) is 12.8 Å². The molecular formula is C43H89Ba2O15P3. The van der Waals surface area contributed by atoms with Crippen LogP contribution in [0.4, 0.5) is 0 Å². The molecule has 0 aromatic rings. The molecule has 3 saturated carbocycles. The second-order valence-electron chi connectivity index (χ2n) is 18.8. The van der Waals surface area contributed by atoms with Gasteiger partial charge in [-0.3, -0.25) is 26.5 Å². The molecular weight excluding hydrogens is 1120 g/mol. The molecule has 370 valence electrons. The van der Waals surface area contributed by atoms with Gasteiger partial charge in [0.2, 0.25) is 0 Å². The Balaban J connectivity index is -0.000000417. The van der Waals surface area contributed by atoms with Gasteiger partial charge < -0.3 is 59.5 Å². The molecule has 0 heterocycles. The Bertz CT molecular complexity index is 1290. The van der Waals surface area contributed by atoms with Crippen molar-refractivity contribution in [3.8, 4) is 0 Å². The predicted octanol–water partition coefficient (Wildman–Crippen LogP) is 8.95. The third-order valence-electron chi connectivity index (χ3n) is 9.72. The third-order valence-corrected chi connectivity index (χ3v) is 14.1. The van der Waals surface area contributed by atoms with Crippen molar-refractivity contribution in [1.29, 1.82) is 0 Å². The fourth-order valence-corrected chi connectivity index (χ4v) is 12.1. The van der Waals surface area contributed by atoms with Crippen LogP contribution in [0.3, 0.4) is 0 Å². The van der Waals surface area contributed by atoms with E-state index in [9.17, 15) is 29.0 Å². The maximum atomic E-state index is 12.4. The summed E-state index contributed by atoms with van der Waals surface area (Å²) in [7, 11) is -9.39. The normalized spacial score (nSPS) is 30.6. The van der Waals surface area contributed by atoms with Crippen molar-refractivity contribution < 1.29 is 73.2 Å². The van der Waals surface area contributed by atoms with E-state index in [4.69, 9.17) is 41.4 Å². The zero-order valence-corrected chi connectivity index (χ0v) is 53.3. The van der Waals surface area contributed by atoms with E-state index in [0.29, 0.717) is 57.8 Å². The van der Waals surface area contributed by atoms with Crippen molar-refractivity contribution in [3.63, 3.8) is 0 Å². The predicted molar refractivity (Wildman–Crippen MR) is 255 cm³/mol. The Morgan fingerprint density at radius 2 is 0.825 bits per heavy atom. The molecule has 20 heteroatoms. The van der Waals surface area contributed by atoms with Crippen molar-refractivity contribution >= 4 is 121 Å². The summed E-state index contributed by atoms with van der Waals surface area (Å²) in [6.45, 7) is 30.9. The van der Waals surface area contributed by atoms with Crippen LogP contribution in [0, 0.1) is 36.5 Å². The van der Waals surface area contributed by atoms with Gasteiger partial charge in [0.15, 0.2) is 0 Å². The zero-order valence-electron chi connectivity index (χ0n) is 43.8. The van der Waals surface area contributed by atoms with Crippen molar-refractivity contribution in [2.24, 2.45) is 23.7 Å². The summed E-state index contributed by atoms with van der Waals surface area (Å²) >= 11 is 0. The fourth-order valence-electron chi connectivity index (χ4n) is 7.44. The first kappa shape index (κ1) is 68.4. The standard InChI is InChI=1S/C15H31O5P.2C14H28O5P.2Ba.2H/c1-10(2)18-9-13-7-12(5)8-14(16)15(13)20-21(6,17)19-11(3)4;2*1-10(2)17-9-12-6-7-13(15)8-14(12)19-20(5,16)18-11(3)4;;;;/h10-16H,7-9H2,1-6H3;2*7,10-15H,6,8-9H2,1-5H3;;;;/q;2*-1;2*+2;2*-1. The topological polar surface area (TPSA) is 195 Å². The van der Waals surface area contributed by atoms with Gasteiger partial charge in [-0.15, -0.1) is 0 Å². The summed E-state index contributed by atoms with van der Waals surface area (Å²) in [5.41, 5.74) is 0. The zero-order chi connectivity index (χ0) is 46.9. The number of hydrogen-bond donors (Lipinski definition) is 3. The molecule has 13 atom stereocenters. The quantitative estimate of drug-likeness (QED) is 0.0560. The third kappa shape index (κ3) is 32.1. The second-order valence-corrected chi connectivity index (χ2v) is 24.6. The summed E-state index contributed by atoms with van der Waals surface area (Å²) in [4.78, 5) is 0. The Hall–Kier alpha value is 3.35. The van der Waals surface area contributed by atoms with Crippen molar-refractivity contribution in [1.82, 2.24) is 0 Å². The van der Waals surface area contributed by atoms with E-state index in [-0.39, 0.29) is 167 Å². The van der Waals surface area contributed by atoms with E-state index in [0.717, 1.165) is 6.42 Å². The van der Waals surface area contributed by atoms with Gasteiger partial charge in [0.25, 0.3) is 0 Å². The maximum absolute atomic E-state index is 12.4. The molecule has 63 heavy (non-hydrogen) atoms. The minimum absolute atomic E-state index is 0. The van der Waals surface area contributed by atoms with E-state index < -0.39 is 47.2 Å². The molecule has 0 aliphatic heterocycles. The van der Waals surface area contributed by atoms with Crippen LogP contribution in [0.25, 0.3) is 0 Å². The molecule has 3 fully saturated rings. The Morgan fingerprint density at radius 3 is 1.14 bits per heavy atom. The van der Waals surface area contributed by atoms with Crippen LogP contribution in [0.2, 0.25) is 0 Å². The molecule has 0 amide bonds. The van der Waals surface area contributed by atoms with Crippen molar-refractivity contribution in [2.75, 3.05) is 39.8 Å². The van der Waals surface area contributed by atoms with Gasteiger partial charge in [-0.1, -0.05) is 19.1 Å². The molecule has 13 unspecified atom stereocenters. The van der Waals surface area contributed by atoms with Gasteiger partial charge in [0, 0.05) is 39.1 Å². The SMILES string of the molecule is CC(C)OCC1C[CH-]C(O)CC1OP(C)(=O)OC(C)C.CC(C)OCC1C[CH-]C(O)CC1OP(C)(=O)OC(C)C.CC1CC(O)C(OP(C)(=O)OC(C)C)C(COC(C)C)C1.[Ba+2].[Ba+2].[H-].[H-]. The minimum Gasteiger partial charge on any atom is -1.00 e. The van der Waals surface area contributed by atoms with Gasteiger partial charge in [0.1, 0.15) is 0 Å². The van der Waals surface area contributed by atoms with E-state index in [1.165, 1.54) is 20.0 Å². The second kappa shape index (κ2) is 33.9. The molecule has 3 rings (SSSR count). The van der Waals surface area contributed by atoms with E-state index >= 15 is 0 Å². The summed E-state index contributed by atoms with van der Waals surface area (Å²) < 4.78 is 87.1. The summed E-state index contributed by atoms with van der Waals surface area (Å²) in [6.07, 6.45) is 4.70. The summed E-state index contributed by atoms with van der Waals surface area (Å²) in [5, 5.41) is 29.8. The minimum atomic E-state index is -3.17. The maximum Gasteiger partial charge on any atom is 2.00 e. The monoisotopic (exact) mass is 1210 g/mol. The molecule has 0 saturated heterocycles. The van der Waals surface area contributed by atoms with Gasteiger partial charge >= 0.3 is 121 Å². The first-order valence-corrected chi connectivity index (χ1v) is 28.3. The number of rotatable bonds is 21. The number of hydrogen-bond acceptors (Lipinski definition) is 15. The Morgan fingerprint density at radius 1 is 0.508 bits per heavy atom.